The summed E-state index contributed by atoms with van der Waals surface area (Å²) in [6, 6.07) is 14.3. The molecule has 1 fully saturated rings. The predicted octanol–water partition coefficient (Wildman–Crippen LogP) is 4.34. The van der Waals surface area contributed by atoms with Crippen molar-refractivity contribution in [3.05, 3.63) is 72.9 Å². The molecule has 0 radical (unpaired) electrons. The van der Waals surface area contributed by atoms with E-state index in [1.807, 2.05) is 35.0 Å². The second-order valence-corrected chi connectivity index (χ2v) is 6.63. The minimum absolute atomic E-state index is 0. The normalized spacial score (nSPS) is 14.4. The molecule has 1 saturated heterocycles. The molecule has 28 heavy (non-hydrogen) atoms. The molecule has 1 aliphatic heterocycles. The van der Waals surface area contributed by atoms with Gasteiger partial charge in [-0.25, -0.2) is 15.0 Å². The number of piperidine rings is 1. The SMILES string of the molecule is I.c1ccc(NC(=NCc2cccnc2-n2ccnc2)N2CCCCC2)cc1. The molecule has 1 aliphatic rings. The fraction of sp³-hybridized carbons (Fsp3) is 0.286. The van der Waals surface area contributed by atoms with E-state index in [4.69, 9.17) is 4.99 Å². The molecule has 6 nitrogen and oxygen atoms in total. The second-order valence-electron chi connectivity index (χ2n) is 6.63. The van der Waals surface area contributed by atoms with Gasteiger partial charge in [0.25, 0.3) is 0 Å². The highest BCUT2D eigenvalue weighted by molar-refractivity contribution is 14.0. The zero-order valence-corrected chi connectivity index (χ0v) is 18.1. The summed E-state index contributed by atoms with van der Waals surface area (Å²) in [6.45, 7) is 2.65. The van der Waals surface area contributed by atoms with E-state index in [0.29, 0.717) is 6.54 Å². The predicted molar refractivity (Wildman–Crippen MR) is 123 cm³/mol. The number of halogens is 1. The van der Waals surface area contributed by atoms with Crippen LogP contribution in [0.1, 0.15) is 24.8 Å². The van der Waals surface area contributed by atoms with Gasteiger partial charge in [-0.05, 0) is 37.5 Å². The maximum atomic E-state index is 4.94. The summed E-state index contributed by atoms with van der Waals surface area (Å²) in [5.74, 6) is 1.80. The van der Waals surface area contributed by atoms with Gasteiger partial charge in [0.15, 0.2) is 5.96 Å². The van der Waals surface area contributed by atoms with Crippen LogP contribution in [0.15, 0.2) is 72.4 Å². The average molecular weight is 488 g/mol. The Labute approximate surface area is 182 Å². The van der Waals surface area contributed by atoms with Crippen molar-refractivity contribution in [2.24, 2.45) is 4.99 Å². The topological polar surface area (TPSA) is 58.3 Å². The summed E-state index contributed by atoms with van der Waals surface area (Å²) >= 11 is 0. The largest absolute Gasteiger partial charge is 0.343 e. The molecule has 0 aliphatic carbocycles. The minimum Gasteiger partial charge on any atom is -0.343 e. The van der Waals surface area contributed by atoms with Crippen LogP contribution >= 0.6 is 24.0 Å². The molecule has 2 aromatic heterocycles. The molecule has 0 saturated carbocycles. The molecule has 0 spiro atoms. The van der Waals surface area contributed by atoms with Crippen LogP contribution in [-0.4, -0.2) is 38.5 Å². The second kappa shape index (κ2) is 10.2. The van der Waals surface area contributed by atoms with Gasteiger partial charge in [0.05, 0.1) is 6.54 Å². The monoisotopic (exact) mass is 488 g/mol. The third-order valence-corrected chi connectivity index (χ3v) is 4.70. The number of nitrogens with one attached hydrogen (secondary N) is 1. The Kier molecular flexibility index (Phi) is 7.41. The number of benzene rings is 1. The van der Waals surface area contributed by atoms with Gasteiger partial charge in [-0.3, -0.25) is 4.57 Å². The van der Waals surface area contributed by atoms with Crippen molar-refractivity contribution >= 4 is 35.6 Å². The Hall–Kier alpha value is -2.42. The van der Waals surface area contributed by atoms with Gasteiger partial charge in [-0.1, -0.05) is 24.3 Å². The van der Waals surface area contributed by atoms with Crippen molar-refractivity contribution < 1.29 is 0 Å². The molecule has 146 valence electrons. The highest BCUT2D eigenvalue weighted by Crippen LogP contribution is 2.16. The van der Waals surface area contributed by atoms with Crippen LogP contribution in [0.2, 0.25) is 0 Å². The standard InChI is InChI=1S/C21H24N6.HI/c1-3-9-19(10-4-1)25-21(26-13-5-2-6-14-26)24-16-18-8-7-11-23-20(18)27-15-12-22-17-27;/h1,3-4,7-12,15,17H,2,5-6,13-14,16H2,(H,24,25);1H. The van der Waals surface area contributed by atoms with Crippen LogP contribution in [0.5, 0.6) is 0 Å². The molecular formula is C21H25IN6. The number of rotatable bonds is 4. The molecular weight excluding hydrogens is 463 g/mol. The van der Waals surface area contributed by atoms with Crippen molar-refractivity contribution in [1.29, 1.82) is 0 Å². The fourth-order valence-electron chi connectivity index (χ4n) is 3.31. The Morgan fingerprint density at radius 1 is 1.00 bits per heavy atom. The molecule has 3 heterocycles. The smallest absolute Gasteiger partial charge is 0.198 e. The Morgan fingerprint density at radius 2 is 1.82 bits per heavy atom. The summed E-state index contributed by atoms with van der Waals surface area (Å²) in [5.41, 5.74) is 2.13. The summed E-state index contributed by atoms with van der Waals surface area (Å²) in [7, 11) is 0. The zero-order valence-electron chi connectivity index (χ0n) is 15.7. The number of hydrogen-bond acceptors (Lipinski definition) is 3. The number of nitrogens with zero attached hydrogens (tertiary/aromatic N) is 5. The Bertz CT molecular complexity index is 873. The summed E-state index contributed by atoms with van der Waals surface area (Å²) < 4.78 is 1.93. The number of imidazole rings is 1. The number of hydrogen-bond donors (Lipinski definition) is 1. The first kappa shape index (κ1) is 20.3. The molecule has 1 aromatic carbocycles. The Morgan fingerprint density at radius 3 is 2.57 bits per heavy atom. The van der Waals surface area contributed by atoms with Crippen molar-refractivity contribution in [3.63, 3.8) is 0 Å². The highest BCUT2D eigenvalue weighted by atomic mass is 127. The summed E-state index contributed by atoms with van der Waals surface area (Å²) in [5, 5.41) is 3.51. The molecule has 0 atom stereocenters. The lowest BCUT2D eigenvalue weighted by Gasteiger charge is -2.30. The third-order valence-electron chi connectivity index (χ3n) is 4.70. The van der Waals surface area contributed by atoms with Gasteiger partial charge in [0, 0.05) is 42.9 Å². The highest BCUT2D eigenvalue weighted by Gasteiger charge is 2.15. The van der Waals surface area contributed by atoms with Gasteiger partial charge in [-0.15, -0.1) is 24.0 Å². The third kappa shape index (κ3) is 5.09. The van der Waals surface area contributed by atoms with Crippen molar-refractivity contribution in [1.82, 2.24) is 19.4 Å². The molecule has 0 unspecified atom stereocenters. The number of likely N-dealkylation sites (tertiary alicyclic amines) is 1. The van der Waals surface area contributed by atoms with Crippen molar-refractivity contribution in [3.8, 4) is 5.82 Å². The number of pyridine rings is 1. The van der Waals surface area contributed by atoms with Crippen LogP contribution in [0.4, 0.5) is 5.69 Å². The van der Waals surface area contributed by atoms with E-state index in [0.717, 1.165) is 36.1 Å². The number of aromatic nitrogens is 3. The average Bonchev–Trinajstić information content (AvgIpc) is 3.27. The van der Waals surface area contributed by atoms with E-state index in [1.165, 1.54) is 19.3 Å². The molecule has 7 heteroatoms. The van der Waals surface area contributed by atoms with Crippen LogP contribution in [0.3, 0.4) is 0 Å². The maximum absolute atomic E-state index is 4.94. The van der Waals surface area contributed by atoms with Crippen LogP contribution in [0.25, 0.3) is 5.82 Å². The van der Waals surface area contributed by atoms with E-state index in [9.17, 15) is 0 Å². The van der Waals surface area contributed by atoms with Gasteiger partial charge in [-0.2, -0.15) is 0 Å². The molecule has 4 rings (SSSR count). The first-order chi connectivity index (χ1) is 13.4. The van der Waals surface area contributed by atoms with Crippen LogP contribution in [-0.2, 0) is 6.54 Å². The van der Waals surface area contributed by atoms with E-state index in [2.05, 4.69) is 38.4 Å². The number of aliphatic imine (C=N–C) groups is 1. The van der Waals surface area contributed by atoms with E-state index in [-0.39, 0.29) is 24.0 Å². The summed E-state index contributed by atoms with van der Waals surface area (Å²) in [4.78, 5) is 15.9. The van der Waals surface area contributed by atoms with Crippen LogP contribution in [0, 0.1) is 0 Å². The molecule has 1 N–H and O–H groups in total. The van der Waals surface area contributed by atoms with Gasteiger partial charge in [0.1, 0.15) is 12.1 Å². The molecule has 0 amide bonds. The first-order valence-corrected chi connectivity index (χ1v) is 9.44. The quantitative estimate of drug-likeness (QED) is 0.337. The maximum Gasteiger partial charge on any atom is 0.198 e. The van der Waals surface area contributed by atoms with E-state index >= 15 is 0 Å². The number of para-hydroxylation sites is 1. The molecule has 3 aromatic rings. The first-order valence-electron chi connectivity index (χ1n) is 9.44. The van der Waals surface area contributed by atoms with Gasteiger partial charge in [0.2, 0.25) is 0 Å². The lowest BCUT2D eigenvalue weighted by atomic mass is 10.1. The van der Waals surface area contributed by atoms with Crippen LogP contribution < -0.4 is 5.32 Å². The zero-order chi connectivity index (χ0) is 18.3. The van der Waals surface area contributed by atoms with E-state index in [1.54, 1.807) is 18.7 Å². The van der Waals surface area contributed by atoms with E-state index < -0.39 is 0 Å². The lowest BCUT2D eigenvalue weighted by molar-refractivity contribution is 0.340. The van der Waals surface area contributed by atoms with Crippen molar-refractivity contribution in [2.75, 3.05) is 18.4 Å². The van der Waals surface area contributed by atoms with Gasteiger partial charge >= 0.3 is 0 Å². The van der Waals surface area contributed by atoms with Crippen molar-refractivity contribution in [2.45, 2.75) is 25.8 Å². The summed E-state index contributed by atoms with van der Waals surface area (Å²) in [6.07, 6.45) is 11.0. The van der Waals surface area contributed by atoms with Gasteiger partial charge < -0.3 is 10.2 Å². The number of anilines is 1. The lowest BCUT2D eigenvalue weighted by Crippen LogP contribution is -2.40. The number of guanidine groups is 1. The fourth-order valence-corrected chi connectivity index (χ4v) is 3.31. The minimum atomic E-state index is 0. The molecule has 0 bridgehead atoms. The Balaban J connectivity index is 0.00000225.